The maximum absolute atomic E-state index is 9.43. The summed E-state index contributed by atoms with van der Waals surface area (Å²) < 4.78 is 0. The van der Waals surface area contributed by atoms with Crippen LogP contribution in [0, 0.1) is 11.3 Å². The summed E-state index contributed by atoms with van der Waals surface area (Å²) in [6, 6.07) is 15.3. The van der Waals surface area contributed by atoms with Gasteiger partial charge < -0.3 is 10.4 Å². The van der Waals surface area contributed by atoms with E-state index < -0.39 is 0 Å². The molecule has 2 N–H and O–H groups in total. The number of aromatic nitrogens is 1. The number of benzene rings is 1. The van der Waals surface area contributed by atoms with Crippen LogP contribution in [0.5, 0.6) is 0 Å². The molecule has 1 heterocycles. The third-order valence-electron chi connectivity index (χ3n) is 2.79. The third kappa shape index (κ3) is 3.80. The lowest BCUT2D eigenvalue weighted by Crippen LogP contribution is -2.26. The molecule has 0 radical (unpaired) electrons. The van der Waals surface area contributed by atoms with Gasteiger partial charge in [0.2, 0.25) is 0 Å². The summed E-state index contributed by atoms with van der Waals surface area (Å²) in [6.07, 6.45) is 2.30. The van der Waals surface area contributed by atoms with Crippen LogP contribution in [-0.2, 0) is 6.42 Å². The third-order valence-corrected chi connectivity index (χ3v) is 2.79. The van der Waals surface area contributed by atoms with Crippen LogP contribution in [-0.4, -0.2) is 22.7 Å². The van der Waals surface area contributed by atoms with Gasteiger partial charge in [-0.25, -0.2) is 4.98 Å². The van der Waals surface area contributed by atoms with Gasteiger partial charge in [-0.2, -0.15) is 5.26 Å². The first-order chi connectivity index (χ1) is 9.31. The summed E-state index contributed by atoms with van der Waals surface area (Å²) in [5.74, 6) is 0. The fourth-order valence-electron chi connectivity index (χ4n) is 1.88. The van der Waals surface area contributed by atoms with Crippen molar-refractivity contribution in [3.63, 3.8) is 0 Å². The largest absolute Gasteiger partial charge is 0.394 e. The van der Waals surface area contributed by atoms with E-state index in [9.17, 15) is 5.11 Å². The highest BCUT2D eigenvalue weighted by Gasteiger charge is 2.08. The Morgan fingerprint density at radius 1 is 1.26 bits per heavy atom. The van der Waals surface area contributed by atoms with Crippen LogP contribution in [0.15, 0.2) is 48.7 Å². The molecule has 1 atom stereocenters. The van der Waals surface area contributed by atoms with Crippen molar-refractivity contribution in [2.75, 3.05) is 11.9 Å². The number of nitrogens with one attached hydrogen (secondary N) is 1. The van der Waals surface area contributed by atoms with E-state index in [0.29, 0.717) is 5.69 Å². The molecule has 0 amide bonds. The number of nitriles is 1. The van der Waals surface area contributed by atoms with Crippen molar-refractivity contribution in [3.8, 4) is 6.07 Å². The molecule has 0 aliphatic heterocycles. The lowest BCUT2D eigenvalue weighted by atomic mass is 10.1. The minimum Gasteiger partial charge on any atom is -0.394 e. The van der Waals surface area contributed by atoms with Crippen LogP contribution >= 0.6 is 0 Å². The maximum Gasteiger partial charge on any atom is 0.142 e. The summed E-state index contributed by atoms with van der Waals surface area (Å²) in [6.45, 7) is 0.0269. The molecule has 19 heavy (non-hydrogen) atoms. The average Bonchev–Trinajstić information content (AvgIpc) is 2.48. The fraction of sp³-hybridized carbons (Fsp3) is 0.200. The summed E-state index contributed by atoms with van der Waals surface area (Å²) in [5, 5.41) is 21.4. The number of aliphatic hydroxyl groups is 1. The van der Waals surface area contributed by atoms with Crippen molar-refractivity contribution >= 4 is 5.69 Å². The minimum atomic E-state index is -0.0867. The quantitative estimate of drug-likeness (QED) is 0.854. The number of aliphatic hydroxyl groups excluding tert-OH is 1. The second-order valence-corrected chi connectivity index (χ2v) is 4.26. The van der Waals surface area contributed by atoms with Crippen LogP contribution in [0.3, 0.4) is 0 Å². The van der Waals surface area contributed by atoms with Crippen LogP contribution in [0.4, 0.5) is 5.69 Å². The van der Waals surface area contributed by atoms with Crippen molar-refractivity contribution in [2.24, 2.45) is 0 Å². The highest BCUT2D eigenvalue weighted by molar-refractivity contribution is 5.47. The Labute approximate surface area is 112 Å². The standard InChI is InChI=1S/C15H15N3O/c16-10-14-9-13(6-7-17-14)18-15(11-19)8-12-4-2-1-3-5-12/h1-7,9,15,19H,8,11H2,(H,17,18). The second-order valence-electron chi connectivity index (χ2n) is 4.26. The number of anilines is 1. The van der Waals surface area contributed by atoms with Crippen LogP contribution in [0.1, 0.15) is 11.3 Å². The minimum absolute atomic E-state index is 0.0269. The Bertz CT molecular complexity index is 563. The van der Waals surface area contributed by atoms with Gasteiger partial charge in [-0.05, 0) is 24.1 Å². The van der Waals surface area contributed by atoms with Crippen LogP contribution in [0.25, 0.3) is 0 Å². The van der Waals surface area contributed by atoms with Crippen molar-refractivity contribution in [1.29, 1.82) is 5.26 Å². The Morgan fingerprint density at radius 2 is 2.05 bits per heavy atom. The Morgan fingerprint density at radius 3 is 2.74 bits per heavy atom. The second kappa shape index (κ2) is 6.53. The first-order valence-corrected chi connectivity index (χ1v) is 6.09. The van der Waals surface area contributed by atoms with Crippen molar-refractivity contribution in [1.82, 2.24) is 4.98 Å². The lowest BCUT2D eigenvalue weighted by Gasteiger charge is -2.17. The van der Waals surface area contributed by atoms with E-state index in [1.54, 1.807) is 18.3 Å². The van der Waals surface area contributed by atoms with E-state index in [1.807, 2.05) is 36.4 Å². The zero-order valence-electron chi connectivity index (χ0n) is 10.5. The molecular formula is C15H15N3O. The number of nitrogens with zero attached hydrogens (tertiary/aromatic N) is 2. The molecule has 0 aliphatic carbocycles. The lowest BCUT2D eigenvalue weighted by molar-refractivity contribution is 0.273. The molecular weight excluding hydrogens is 238 g/mol. The molecule has 4 nitrogen and oxygen atoms in total. The van der Waals surface area contributed by atoms with Gasteiger partial charge in [0, 0.05) is 11.9 Å². The normalized spacial score (nSPS) is 11.6. The van der Waals surface area contributed by atoms with Gasteiger partial charge in [-0.3, -0.25) is 0 Å². The van der Waals surface area contributed by atoms with E-state index in [2.05, 4.69) is 10.3 Å². The van der Waals surface area contributed by atoms with Gasteiger partial charge in [-0.15, -0.1) is 0 Å². The number of pyridine rings is 1. The molecule has 0 saturated carbocycles. The van der Waals surface area contributed by atoms with Crippen molar-refractivity contribution in [3.05, 3.63) is 59.9 Å². The topological polar surface area (TPSA) is 68.9 Å². The smallest absolute Gasteiger partial charge is 0.142 e. The number of hydrogen-bond acceptors (Lipinski definition) is 4. The van der Waals surface area contributed by atoms with E-state index in [1.165, 1.54) is 0 Å². The predicted octanol–water partition coefficient (Wildman–Crippen LogP) is 1.97. The van der Waals surface area contributed by atoms with Crippen molar-refractivity contribution < 1.29 is 5.11 Å². The molecule has 0 spiro atoms. The predicted molar refractivity (Wildman–Crippen MR) is 73.6 cm³/mol. The van der Waals surface area contributed by atoms with E-state index in [4.69, 9.17) is 5.26 Å². The van der Waals surface area contributed by atoms with Gasteiger partial charge >= 0.3 is 0 Å². The van der Waals surface area contributed by atoms with E-state index in [0.717, 1.165) is 17.7 Å². The zero-order chi connectivity index (χ0) is 13.5. The molecule has 1 aromatic heterocycles. The molecule has 1 aromatic carbocycles. The Kier molecular flexibility index (Phi) is 4.49. The molecule has 2 rings (SSSR count). The number of hydrogen-bond donors (Lipinski definition) is 2. The summed E-state index contributed by atoms with van der Waals surface area (Å²) in [5.41, 5.74) is 2.31. The first-order valence-electron chi connectivity index (χ1n) is 6.09. The molecule has 1 unspecified atom stereocenters. The molecule has 0 saturated heterocycles. The van der Waals surface area contributed by atoms with E-state index >= 15 is 0 Å². The van der Waals surface area contributed by atoms with Gasteiger partial charge in [-0.1, -0.05) is 30.3 Å². The fourth-order valence-corrected chi connectivity index (χ4v) is 1.88. The van der Waals surface area contributed by atoms with Gasteiger partial charge in [0.15, 0.2) is 0 Å². The Hall–Kier alpha value is -2.38. The molecule has 4 heteroatoms. The van der Waals surface area contributed by atoms with E-state index in [-0.39, 0.29) is 12.6 Å². The Balaban J connectivity index is 2.05. The summed E-state index contributed by atoms with van der Waals surface area (Å²) in [7, 11) is 0. The molecule has 2 aromatic rings. The van der Waals surface area contributed by atoms with Crippen molar-refractivity contribution in [2.45, 2.75) is 12.5 Å². The average molecular weight is 253 g/mol. The van der Waals surface area contributed by atoms with Crippen LogP contribution in [0.2, 0.25) is 0 Å². The summed E-state index contributed by atoms with van der Waals surface area (Å²) in [4.78, 5) is 3.91. The van der Waals surface area contributed by atoms with Gasteiger partial charge in [0.05, 0.1) is 12.6 Å². The maximum atomic E-state index is 9.43. The first kappa shape index (κ1) is 13.1. The zero-order valence-corrected chi connectivity index (χ0v) is 10.5. The molecule has 96 valence electrons. The van der Waals surface area contributed by atoms with Gasteiger partial charge in [0.1, 0.15) is 11.8 Å². The summed E-state index contributed by atoms with van der Waals surface area (Å²) >= 11 is 0. The molecule has 0 aliphatic rings. The monoisotopic (exact) mass is 253 g/mol. The molecule has 0 bridgehead atoms. The highest BCUT2D eigenvalue weighted by atomic mass is 16.3. The SMILES string of the molecule is N#Cc1cc(NC(CO)Cc2ccccc2)ccn1. The van der Waals surface area contributed by atoms with Crippen LogP contribution < -0.4 is 5.32 Å². The highest BCUT2D eigenvalue weighted by Crippen LogP contribution is 2.11. The number of rotatable bonds is 5. The van der Waals surface area contributed by atoms with Gasteiger partial charge in [0.25, 0.3) is 0 Å². The molecule has 0 fully saturated rings.